The fraction of sp³-hybridized carbons (Fsp3) is 0.842. The highest BCUT2D eigenvalue weighted by molar-refractivity contribution is 5.77. The minimum absolute atomic E-state index is 0.0204. The summed E-state index contributed by atoms with van der Waals surface area (Å²) in [6.45, 7) is 8.25. The van der Waals surface area contributed by atoms with E-state index in [0.717, 1.165) is 19.5 Å². The Hall–Kier alpha value is -1.59. The molecular formula is C19H37N3O7. The quantitative estimate of drug-likeness (QED) is 0.208. The Morgan fingerprint density at radius 1 is 0.690 bits per heavy atom. The fourth-order valence-electron chi connectivity index (χ4n) is 2.04. The van der Waals surface area contributed by atoms with E-state index < -0.39 is 0 Å². The largest absolute Gasteiger partial charge is 0.377 e. The minimum atomic E-state index is -0.230. The van der Waals surface area contributed by atoms with Crippen LogP contribution in [0.25, 0.3) is 0 Å². The number of hydrogen-bond donors (Lipinski definition) is 3. The zero-order valence-corrected chi connectivity index (χ0v) is 17.8. The van der Waals surface area contributed by atoms with Gasteiger partial charge in [0, 0.05) is 19.5 Å². The average molecular weight is 420 g/mol. The highest BCUT2D eigenvalue weighted by Crippen LogP contribution is 1.87. The van der Waals surface area contributed by atoms with Crippen LogP contribution in [0.15, 0.2) is 0 Å². The molecule has 0 aliphatic carbocycles. The van der Waals surface area contributed by atoms with Crippen molar-refractivity contribution in [2.24, 2.45) is 0 Å². The van der Waals surface area contributed by atoms with Gasteiger partial charge in [-0.3, -0.25) is 14.4 Å². The number of nitrogens with one attached hydrogen (secondary N) is 3. The Kier molecular flexibility index (Phi) is 20.0. The van der Waals surface area contributed by atoms with E-state index in [1.165, 1.54) is 6.92 Å². The SMILES string of the molecule is CCNCCCC(=O)NCCOCCOCC(=O)NCCOCCOCC(C)=O. The molecule has 0 unspecified atom stereocenters. The number of rotatable bonds is 21. The molecule has 0 radical (unpaired) electrons. The van der Waals surface area contributed by atoms with E-state index in [4.69, 9.17) is 18.9 Å². The van der Waals surface area contributed by atoms with Crippen molar-refractivity contribution in [1.29, 1.82) is 0 Å². The summed E-state index contributed by atoms with van der Waals surface area (Å²) < 4.78 is 20.8. The lowest BCUT2D eigenvalue weighted by Crippen LogP contribution is -2.31. The lowest BCUT2D eigenvalue weighted by Gasteiger charge is -2.08. The van der Waals surface area contributed by atoms with Gasteiger partial charge in [-0.05, 0) is 26.4 Å². The predicted octanol–water partition coefficient (Wildman–Crippen LogP) is -0.736. The first-order chi connectivity index (χ1) is 14.1. The molecule has 0 aliphatic rings. The van der Waals surface area contributed by atoms with Gasteiger partial charge in [-0.1, -0.05) is 6.92 Å². The van der Waals surface area contributed by atoms with Crippen molar-refractivity contribution in [1.82, 2.24) is 16.0 Å². The first-order valence-corrected chi connectivity index (χ1v) is 10.1. The van der Waals surface area contributed by atoms with Gasteiger partial charge in [0.2, 0.25) is 11.8 Å². The molecule has 29 heavy (non-hydrogen) atoms. The van der Waals surface area contributed by atoms with E-state index in [2.05, 4.69) is 16.0 Å². The number of ether oxygens (including phenoxy) is 4. The fourth-order valence-corrected chi connectivity index (χ4v) is 2.04. The highest BCUT2D eigenvalue weighted by atomic mass is 16.5. The first kappa shape index (κ1) is 27.4. The van der Waals surface area contributed by atoms with Crippen LogP contribution in [-0.4, -0.2) is 96.6 Å². The Labute approximate surface area is 173 Å². The normalized spacial score (nSPS) is 10.7. The van der Waals surface area contributed by atoms with Crippen molar-refractivity contribution in [3.05, 3.63) is 0 Å². The second-order valence-electron chi connectivity index (χ2n) is 6.19. The van der Waals surface area contributed by atoms with Crippen LogP contribution in [0.3, 0.4) is 0 Å². The number of carbonyl (C=O) groups excluding carboxylic acids is 3. The minimum Gasteiger partial charge on any atom is -0.377 e. The van der Waals surface area contributed by atoms with Crippen LogP contribution in [0.1, 0.15) is 26.7 Å². The topological polar surface area (TPSA) is 124 Å². The summed E-state index contributed by atoms with van der Waals surface area (Å²) in [5.74, 6) is -0.237. The van der Waals surface area contributed by atoms with Gasteiger partial charge in [-0.15, -0.1) is 0 Å². The number of carbonyl (C=O) groups is 3. The molecule has 10 heteroatoms. The molecule has 0 saturated heterocycles. The van der Waals surface area contributed by atoms with E-state index in [-0.39, 0.29) is 30.8 Å². The van der Waals surface area contributed by atoms with Crippen molar-refractivity contribution in [3.8, 4) is 0 Å². The molecule has 0 aromatic carbocycles. The van der Waals surface area contributed by atoms with Crippen LogP contribution in [0.4, 0.5) is 0 Å². The van der Waals surface area contributed by atoms with Crippen LogP contribution >= 0.6 is 0 Å². The van der Waals surface area contributed by atoms with Crippen molar-refractivity contribution in [3.63, 3.8) is 0 Å². The van der Waals surface area contributed by atoms with Gasteiger partial charge < -0.3 is 34.9 Å². The second-order valence-corrected chi connectivity index (χ2v) is 6.19. The average Bonchev–Trinajstić information content (AvgIpc) is 2.69. The monoisotopic (exact) mass is 419 g/mol. The standard InChI is InChI=1S/C19H37N3O7/c1-3-20-6-4-5-18(24)21-7-9-26-12-14-29-16-19(25)22-8-10-27-11-13-28-15-17(2)23/h20H,3-16H2,1-2H3,(H,21,24)(H,22,25). The Morgan fingerprint density at radius 3 is 1.83 bits per heavy atom. The Bertz CT molecular complexity index is 436. The molecule has 170 valence electrons. The summed E-state index contributed by atoms with van der Waals surface area (Å²) in [4.78, 5) is 33.7. The number of Topliss-reactive ketones (excluding diaryl/α,β-unsaturated/α-hetero) is 1. The van der Waals surface area contributed by atoms with E-state index in [1.54, 1.807) is 0 Å². The molecule has 0 spiro atoms. The summed E-state index contributed by atoms with van der Waals surface area (Å²) in [7, 11) is 0. The summed E-state index contributed by atoms with van der Waals surface area (Å²) >= 11 is 0. The Balaban J connectivity index is 3.27. The molecule has 2 amide bonds. The van der Waals surface area contributed by atoms with Gasteiger partial charge in [0.15, 0.2) is 5.78 Å². The summed E-state index contributed by atoms with van der Waals surface area (Å²) in [5.41, 5.74) is 0. The van der Waals surface area contributed by atoms with Crippen LogP contribution in [-0.2, 0) is 33.3 Å². The molecule has 0 fully saturated rings. The molecule has 3 N–H and O–H groups in total. The third-order valence-corrected chi connectivity index (χ3v) is 3.43. The van der Waals surface area contributed by atoms with Gasteiger partial charge in [0.05, 0.1) is 39.6 Å². The zero-order chi connectivity index (χ0) is 21.6. The molecule has 0 bridgehead atoms. The van der Waals surface area contributed by atoms with Gasteiger partial charge in [0.1, 0.15) is 13.2 Å². The van der Waals surface area contributed by atoms with Gasteiger partial charge in [-0.25, -0.2) is 0 Å². The summed E-state index contributed by atoms with van der Waals surface area (Å²) in [5, 5.41) is 8.62. The summed E-state index contributed by atoms with van der Waals surface area (Å²) in [6, 6.07) is 0. The molecule has 0 aromatic rings. The number of amides is 2. The van der Waals surface area contributed by atoms with E-state index in [0.29, 0.717) is 59.2 Å². The lowest BCUT2D eigenvalue weighted by molar-refractivity contribution is -0.127. The number of hydrogen-bond acceptors (Lipinski definition) is 8. The van der Waals surface area contributed by atoms with Crippen LogP contribution in [0.2, 0.25) is 0 Å². The molecule has 10 nitrogen and oxygen atoms in total. The highest BCUT2D eigenvalue weighted by Gasteiger charge is 2.02. The maximum Gasteiger partial charge on any atom is 0.246 e. The maximum absolute atomic E-state index is 11.5. The van der Waals surface area contributed by atoms with Crippen molar-refractivity contribution in [2.45, 2.75) is 26.7 Å². The van der Waals surface area contributed by atoms with Crippen LogP contribution in [0.5, 0.6) is 0 Å². The predicted molar refractivity (Wildman–Crippen MR) is 108 cm³/mol. The first-order valence-electron chi connectivity index (χ1n) is 10.1. The van der Waals surface area contributed by atoms with Gasteiger partial charge >= 0.3 is 0 Å². The van der Waals surface area contributed by atoms with Crippen molar-refractivity contribution in [2.75, 3.05) is 79.0 Å². The van der Waals surface area contributed by atoms with Crippen LogP contribution in [0, 0.1) is 0 Å². The third kappa shape index (κ3) is 22.6. The molecule has 0 heterocycles. The third-order valence-electron chi connectivity index (χ3n) is 3.43. The molecule has 0 rings (SSSR count). The van der Waals surface area contributed by atoms with Crippen molar-refractivity contribution >= 4 is 17.6 Å². The Morgan fingerprint density at radius 2 is 1.24 bits per heavy atom. The second kappa shape index (κ2) is 21.1. The van der Waals surface area contributed by atoms with Crippen molar-refractivity contribution < 1.29 is 33.3 Å². The van der Waals surface area contributed by atoms with Gasteiger partial charge in [-0.2, -0.15) is 0 Å². The molecule has 0 saturated carbocycles. The number of ketones is 1. The molecular weight excluding hydrogens is 382 g/mol. The zero-order valence-electron chi connectivity index (χ0n) is 17.8. The lowest BCUT2D eigenvalue weighted by atomic mass is 10.3. The summed E-state index contributed by atoms with van der Waals surface area (Å²) in [6.07, 6.45) is 1.32. The molecule has 0 aliphatic heterocycles. The molecule has 0 aromatic heterocycles. The van der Waals surface area contributed by atoms with E-state index in [9.17, 15) is 14.4 Å². The maximum atomic E-state index is 11.5. The van der Waals surface area contributed by atoms with E-state index in [1.807, 2.05) is 6.92 Å². The smallest absolute Gasteiger partial charge is 0.246 e. The van der Waals surface area contributed by atoms with E-state index >= 15 is 0 Å². The van der Waals surface area contributed by atoms with Gasteiger partial charge in [0.25, 0.3) is 0 Å². The van der Waals surface area contributed by atoms with Crippen LogP contribution < -0.4 is 16.0 Å². The molecule has 0 atom stereocenters.